The minimum absolute atomic E-state index is 0.371. The summed E-state index contributed by atoms with van der Waals surface area (Å²) in [5.41, 5.74) is 0. The van der Waals surface area contributed by atoms with Crippen LogP contribution in [0.3, 0.4) is 0 Å². The smallest absolute Gasteiger partial charge is 0.243 e. The average molecular weight is 295 g/mol. The maximum absolute atomic E-state index is 12.6. The lowest BCUT2D eigenvalue weighted by Gasteiger charge is -2.32. The van der Waals surface area contributed by atoms with E-state index in [1.807, 2.05) is 6.07 Å². The zero-order valence-electron chi connectivity index (χ0n) is 11.5. The van der Waals surface area contributed by atoms with Gasteiger partial charge in [0, 0.05) is 45.3 Å². The van der Waals surface area contributed by atoms with Gasteiger partial charge in [0.1, 0.15) is 0 Å². The Morgan fingerprint density at radius 1 is 1.05 bits per heavy atom. The predicted molar refractivity (Wildman–Crippen MR) is 78.0 cm³/mol. The van der Waals surface area contributed by atoms with Crippen molar-refractivity contribution in [2.45, 2.75) is 17.4 Å². The summed E-state index contributed by atoms with van der Waals surface area (Å²) in [6.07, 6.45) is 0.937. The third-order valence-corrected chi connectivity index (χ3v) is 6.05. The molecule has 2 fully saturated rings. The van der Waals surface area contributed by atoms with Gasteiger partial charge in [-0.05, 0) is 18.6 Å². The molecule has 20 heavy (non-hydrogen) atoms. The first-order chi connectivity index (χ1) is 9.68. The zero-order chi connectivity index (χ0) is 14.0. The van der Waals surface area contributed by atoms with Crippen LogP contribution in [0.15, 0.2) is 35.2 Å². The SMILES string of the molecule is O=S(=O)(c1ccccc1)N1CCC(N2CCNCC2)C1. The summed E-state index contributed by atoms with van der Waals surface area (Å²) in [6.45, 7) is 5.29. The number of piperazine rings is 1. The van der Waals surface area contributed by atoms with Gasteiger partial charge >= 0.3 is 0 Å². The molecule has 0 radical (unpaired) electrons. The monoisotopic (exact) mass is 295 g/mol. The second kappa shape index (κ2) is 5.81. The highest BCUT2D eigenvalue weighted by Crippen LogP contribution is 2.23. The second-order valence-electron chi connectivity index (χ2n) is 5.40. The molecule has 2 heterocycles. The molecule has 0 amide bonds. The third kappa shape index (κ3) is 2.74. The van der Waals surface area contributed by atoms with Gasteiger partial charge in [-0.3, -0.25) is 4.90 Å². The van der Waals surface area contributed by atoms with E-state index in [2.05, 4.69) is 10.2 Å². The van der Waals surface area contributed by atoms with Crippen LogP contribution in [0.1, 0.15) is 6.42 Å². The number of nitrogens with one attached hydrogen (secondary N) is 1. The molecule has 2 aliphatic heterocycles. The average Bonchev–Trinajstić information content (AvgIpc) is 3.00. The number of benzene rings is 1. The van der Waals surface area contributed by atoms with E-state index >= 15 is 0 Å². The molecule has 1 aromatic carbocycles. The van der Waals surface area contributed by atoms with Gasteiger partial charge in [-0.25, -0.2) is 8.42 Å². The van der Waals surface area contributed by atoms with E-state index in [0.717, 1.165) is 32.6 Å². The minimum Gasteiger partial charge on any atom is -0.314 e. The van der Waals surface area contributed by atoms with E-state index in [1.165, 1.54) is 0 Å². The van der Waals surface area contributed by atoms with Crippen molar-refractivity contribution in [2.24, 2.45) is 0 Å². The summed E-state index contributed by atoms with van der Waals surface area (Å²) in [5, 5.41) is 3.33. The van der Waals surface area contributed by atoms with E-state index in [0.29, 0.717) is 24.0 Å². The molecule has 3 rings (SSSR count). The van der Waals surface area contributed by atoms with E-state index < -0.39 is 10.0 Å². The number of nitrogens with zero attached hydrogens (tertiary/aromatic N) is 2. The van der Waals surface area contributed by atoms with Crippen LogP contribution in [0.4, 0.5) is 0 Å². The fourth-order valence-corrected chi connectivity index (χ4v) is 4.53. The van der Waals surface area contributed by atoms with E-state index in [1.54, 1.807) is 28.6 Å². The van der Waals surface area contributed by atoms with Crippen LogP contribution in [0.2, 0.25) is 0 Å². The van der Waals surface area contributed by atoms with Crippen LogP contribution < -0.4 is 5.32 Å². The van der Waals surface area contributed by atoms with Gasteiger partial charge in [-0.15, -0.1) is 0 Å². The van der Waals surface area contributed by atoms with Gasteiger partial charge < -0.3 is 5.32 Å². The first kappa shape index (κ1) is 14.0. The maximum Gasteiger partial charge on any atom is 0.243 e. The van der Waals surface area contributed by atoms with Gasteiger partial charge in [0.15, 0.2) is 0 Å². The molecule has 2 saturated heterocycles. The highest BCUT2D eigenvalue weighted by atomic mass is 32.2. The predicted octanol–water partition coefficient (Wildman–Crippen LogP) is 0.355. The second-order valence-corrected chi connectivity index (χ2v) is 7.34. The molecule has 6 heteroatoms. The summed E-state index contributed by atoms with van der Waals surface area (Å²) >= 11 is 0. The van der Waals surface area contributed by atoms with Crippen LogP contribution in [-0.4, -0.2) is 62.9 Å². The van der Waals surface area contributed by atoms with Gasteiger partial charge in [-0.1, -0.05) is 18.2 Å². The van der Waals surface area contributed by atoms with Crippen LogP contribution in [0.25, 0.3) is 0 Å². The molecular formula is C14H21N3O2S. The molecule has 1 unspecified atom stereocenters. The standard InChI is InChI=1S/C14H21N3O2S/c18-20(19,14-4-2-1-3-5-14)17-9-6-13(12-17)16-10-7-15-8-11-16/h1-5,13,15H,6-12H2. The Morgan fingerprint density at radius 3 is 2.45 bits per heavy atom. The van der Waals surface area contributed by atoms with Crippen molar-refractivity contribution in [1.29, 1.82) is 0 Å². The highest BCUT2D eigenvalue weighted by Gasteiger charge is 2.35. The Hall–Kier alpha value is -0.950. The molecule has 1 atom stereocenters. The summed E-state index contributed by atoms with van der Waals surface area (Å²) in [4.78, 5) is 2.82. The Morgan fingerprint density at radius 2 is 1.75 bits per heavy atom. The van der Waals surface area contributed by atoms with Crippen molar-refractivity contribution in [3.05, 3.63) is 30.3 Å². The molecule has 1 N–H and O–H groups in total. The largest absolute Gasteiger partial charge is 0.314 e. The molecule has 0 spiro atoms. The fraction of sp³-hybridized carbons (Fsp3) is 0.571. The van der Waals surface area contributed by atoms with Crippen LogP contribution in [0.5, 0.6) is 0 Å². The molecular weight excluding hydrogens is 274 g/mol. The Bertz CT molecular complexity index is 541. The van der Waals surface area contributed by atoms with Crippen molar-refractivity contribution in [3.8, 4) is 0 Å². The maximum atomic E-state index is 12.6. The van der Waals surface area contributed by atoms with Crippen LogP contribution in [-0.2, 0) is 10.0 Å². The fourth-order valence-electron chi connectivity index (χ4n) is 3.02. The van der Waals surface area contributed by atoms with E-state index in [-0.39, 0.29) is 0 Å². The van der Waals surface area contributed by atoms with Gasteiger partial charge in [0.25, 0.3) is 0 Å². The van der Waals surface area contributed by atoms with Crippen molar-refractivity contribution >= 4 is 10.0 Å². The number of rotatable bonds is 3. The van der Waals surface area contributed by atoms with Crippen LogP contribution >= 0.6 is 0 Å². The molecule has 110 valence electrons. The first-order valence-electron chi connectivity index (χ1n) is 7.18. The summed E-state index contributed by atoms with van der Waals surface area (Å²) in [5.74, 6) is 0. The topological polar surface area (TPSA) is 52.7 Å². The highest BCUT2D eigenvalue weighted by molar-refractivity contribution is 7.89. The molecule has 5 nitrogen and oxygen atoms in total. The molecule has 1 aromatic rings. The Balaban J connectivity index is 1.70. The first-order valence-corrected chi connectivity index (χ1v) is 8.62. The quantitative estimate of drug-likeness (QED) is 0.874. The number of hydrogen-bond donors (Lipinski definition) is 1. The molecule has 0 saturated carbocycles. The minimum atomic E-state index is -3.32. The number of hydrogen-bond acceptors (Lipinski definition) is 4. The summed E-state index contributed by atoms with van der Waals surface area (Å²) in [7, 11) is -3.32. The summed E-state index contributed by atoms with van der Waals surface area (Å²) < 4.78 is 26.7. The van der Waals surface area contributed by atoms with Crippen molar-refractivity contribution in [2.75, 3.05) is 39.3 Å². The molecule has 0 bridgehead atoms. The Kier molecular flexibility index (Phi) is 4.07. The van der Waals surface area contributed by atoms with Crippen LogP contribution in [0, 0.1) is 0 Å². The molecule has 0 aliphatic carbocycles. The van der Waals surface area contributed by atoms with Gasteiger partial charge in [-0.2, -0.15) is 4.31 Å². The third-order valence-electron chi connectivity index (χ3n) is 4.18. The Labute approximate surface area is 120 Å². The van der Waals surface area contributed by atoms with Crippen molar-refractivity contribution in [1.82, 2.24) is 14.5 Å². The van der Waals surface area contributed by atoms with E-state index in [4.69, 9.17) is 0 Å². The lowest BCUT2D eigenvalue weighted by atomic mass is 10.2. The van der Waals surface area contributed by atoms with Crippen molar-refractivity contribution < 1.29 is 8.42 Å². The summed E-state index contributed by atoms with van der Waals surface area (Å²) in [6, 6.07) is 9.11. The molecule has 2 aliphatic rings. The lowest BCUT2D eigenvalue weighted by molar-refractivity contribution is 0.179. The normalized spacial score (nSPS) is 25.9. The van der Waals surface area contributed by atoms with E-state index in [9.17, 15) is 8.42 Å². The zero-order valence-corrected chi connectivity index (χ0v) is 12.3. The number of sulfonamides is 1. The van der Waals surface area contributed by atoms with Gasteiger partial charge in [0.05, 0.1) is 4.90 Å². The molecule has 0 aromatic heterocycles. The van der Waals surface area contributed by atoms with Gasteiger partial charge in [0.2, 0.25) is 10.0 Å². The van der Waals surface area contributed by atoms with Crippen molar-refractivity contribution in [3.63, 3.8) is 0 Å². The lowest BCUT2D eigenvalue weighted by Crippen LogP contribution is -2.49.